The molecular formula is C22H17F3N2O4. The van der Waals surface area contributed by atoms with Crippen LogP contribution in [0, 0.1) is 6.92 Å². The minimum atomic E-state index is -4.79. The van der Waals surface area contributed by atoms with E-state index in [-0.39, 0.29) is 23.8 Å². The first-order valence-corrected chi connectivity index (χ1v) is 9.26. The lowest BCUT2D eigenvalue weighted by Crippen LogP contribution is -2.35. The molecule has 0 spiro atoms. The van der Waals surface area contributed by atoms with E-state index < -0.39 is 6.36 Å². The third kappa shape index (κ3) is 4.11. The fourth-order valence-electron chi connectivity index (χ4n) is 3.38. The molecular weight excluding hydrogens is 413 g/mol. The van der Waals surface area contributed by atoms with Gasteiger partial charge in [0.1, 0.15) is 11.5 Å². The fraction of sp³-hybridized carbons (Fsp3) is 0.182. The number of carbonyl (C=O) groups excluding carboxylic acids is 1. The molecule has 1 aliphatic heterocycles. The van der Waals surface area contributed by atoms with Crippen molar-refractivity contribution in [2.24, 2.45) is 0 Å². The number of ether oxygens (including phenoxy) is 2. The highest BCUT2D eigenvalue weighted by atomic mass is 19.4. The predicted octanol–water partition coefficient (Wildman–Crippen LogP) is 4.07. The van der Waals surface area contributed by atoms with Crippen LogP contribution >= 0.6 is 0 Å². The van der Waals surface area contributed by atoms with Gasteiger partial charge in [-0.3, -0.25) is 14.2 Å². The van der Waals surface area contributed by atoms with E-state index in [1.165, 1.54) is 27.7 Å². The van der Waals surface area contributed by atoms with E-state index in [2.05, 4.69) is 4.74 Å². The number of amides is 1. The molecule has 0 N–H and O–H groups in total. The topological polar surface area (TPSA) is 60.8 Å². The van der Waals surface area contributed by atoms with Crippen molar-refractivity contribution in [1.82, 2.24) is 4.57 Å². The van der Waals surface area contributed by atoms with Crippen LogP contribution in [-0.2, 0) is 4.79 Å². The zero-order valence-corrected chi connectivity index (χ0v) is 16.6. The summed E-state index contributed by atoms with van der Waals surface area (Å²) in [5, 5.41) is 0. The van der Waals surface area contributed by atoms with Crippen LogP contribution in [0.5, 0.6) is 11.5 Å². The molecule has 0 saturated carbocycles. The van der Waals surface area contributed by atoms with E-state index in [0.717, 1.165) is 28.8 Å². The molecule has 2 heterocycles. The second kappa shape index (κ2) is 7.50. The molecule has 0 unspecified atom stereocenters. The van der Waals surface area contributed by atoms with E-state index >= 15 is 0 Å². The molecule has 160 valence electrons. The van der Waals surface area contributed by atoms with Gasteiger partial charge < -0.3 is 14.4 Å². The Morgan fingerprint density at radius 2 is 1.74 bits per heavy atom. The molecule has 9 heteroatoms. The van der Waals surface area contributed by atoms with Crippen LogP contribution in [-0.4, -0.2) is 30.5 Å². The molecule has 1 aromatic heterocycles. The summed E-state index contributed by atoms with van der Waals surface area (Å²) in [4.78, 5) is 25.8. The number of nitrogens with zero attached hydrogens (tertiary/aromatic N) is 2. The minimum Gasteiger partial charge on any atom is -0.482 e. The van der Waals surface area contributed by atoms with Crippen LogP contribution in [0.2, 0.25) is 0 Å². The van der Waals surface area contributed by atoms with Crippen molar-refractivity contribution in [2.45, 2.75) is 13.3 Å². The number of hydrogen-bond donors (Lipinski definition) is 0. The lowest BCUT2D eigenvalue weighted by molar-refractivity contribution is -0.274. The summed E-state index contributed by atoms with van der Waals surface area (Å²) in [5.41, 5.74) is 2.93. The maximum Gasteiger partial charge on any atom is 0.573 e. The zero-order chi connectivity index (χ0) is 22.3. The summed E-state index contributed by atoms with van der Waals surface area (Å²) in [6.07, 6.45) is -3.17. The van der Waals surface area contributed by atoms with Crippen molar-refractivity contribution in [1.29, 1.82) is 0 Å². The highest BCUT2D eigenvalue weighted by molar-refractivity contribution is 5.97. The molecule has 1 amide bonds. The summed E-state index contributed by atoms with van der Waals surface area (Å²) in [5.74, 6) is 0.0236. The Labute approximate surface area is 175 Å². The molecule has 0 radical (unpaired) electrons. The van der Waals surface area contributed by atoms with Gasteiger partial charge in [0.2, 0.25) is 0 Å². The normalized spacial score (nSPS) is 13.6. The first-order valence-electron chi connectivity index (χ1n) is 9.26. The van der Waals surface area contributed by atoms with Gasteiger partial charge in [0.05, 0.1) is 5.69 Å². The van der Waals surface area contributed by atoms with Crippen LogP contribution in [0.15, 0.2) is 59.5 Å². The number of fused-ring (bicyclic) bond motifs is 1. The molecule has 0 bridgehead atoms. The van der Waals surface area contributed by atoms with Crippen molar-refractivity contribution < 1.29 is 27.4 Å². The Bertz CT molecular complexity index is 1220. The van der Waals surface area contributed by atoms with Gasteiger partial charge in [0.15, 0.2) is 6.61 Å². The van der Waals surface area contributed by atoms with Gasteiger partial charge in [0, 0.05) is 30.6 Å². The number of pyridine rings is 1. The van der Waals surface area contributed by atoms with Gasteiger partial charge >= 0.3 is 6.36 Å². The number of aryl methyl sites for hydroxylation is 1. The summed E-state index contributed by atoms with van der Waals surface area (Å²) in [6, 6.07) is 11.9. The fourth-order valence-corrected chi connectivity index (χ4v) is 3.38. The number of carbonyl (C=O) groups is 1. The lowest BCUT2D eigenvalue weighted by Gasteiger charge is -2.26. The van der Waals surface area contributed by atoms with Crippen molar-refractivity contribution >= 4 is 11.6 Å². The average Bonchev–Trinajstić information content (AvgIpc) is 2.70. The molecule has 31 heavy (non-hydrogen) atoms. The van der Waals surface area contributed by atoms with Crippen LogP contribution < -0.4 is 19.9 Å². The number of alkyl halides is 3. The van der Waals surface area contributed by atoms with E-state index in [1.807, 2.05) is 6.07 Å². The molecule has 6 nitrogen and oxygen atoms in total. The van der Waals surface area contributed by atoms with Crippen LogP contribution in [0.4, 0.5) is 18.9 Å². The number of anilines is 1. The Hall–Kier alpha value is -3.75. The van der Waals surface area contributed by atoms with Crippen LogP contribution in [0.3, 0.4) is 0 Å². The summed E-state index contributed by atoms with van der Waals surface area (Å²) in [7, 11) is 1.67. The van der Waals surface area contributed by atoms with Crippen molar-refractivity contribution in [3.63, 3.8) is 0 Å². The molecule has 2 aromatic carbocycles. The van der Waals surface area contributed by atoms with E-state index in [9.17, 15) is 22.8 Å². The SMILES string of the molecule is Cc1cc(=O)n(-c2ccc(OC(F)(F)F)cc2)cc1-c1ccc2c(c1)OCC(=O)N2C. The number of hydrogen-bond acceptors (Lipinski definition) is 4. The second-order valence-electron chi connectivity index (χ2n) is 7.04. The molecule has 0 atom stereocenters. The first-order chi connectivity index (χ1) is 14.6. The number of halogens is 3. The standard InChI is InChI=1S/C22H17F3N2O4/c1-13-9-20(28)27(15-4-6-16(7-5-15)31-22(23,24)25)11-17(13)14-3-8-18-19(10-14)30-12-21(29)26(18)2/h3-11H,12H2,1-2H3. The van der Waals surface area contributed by atoms with Crippen molar-refractivity contribution in [3.8, 4) is 28.3 Å². The Morgan fingerprint density at radius 1 is 1.03 bits per heavy atom. The highest BCUT2D eigenvalue weighted by Crippen LogP contribution is 2.36. The molecule has 1 aliphatic rings. The smallest absolute Gasteiger partial charge is 0.482 e. The van der Waals surface area contributed by atoms with Crippen LogP contribution in [0.25, 0.3) is 16.8 Å². The number of likely N-dealkylation sites (N-methyl/N-ethyl adjacent to an activating group) is 1. The number of aromatic nitrogens is 1. The van der Waals surface area contributed by atoms with E-state index in [0.29, 0.717) is 17.1 Å². The highest BCUT2D eigenvalue weighted by Gasteiger charge is 2.31. The minimum absolute atomic E-state index is 0.0578. The second-order valence-corrected chi connectivity index (χ2v) is 7.04. The van der Waals surface area contributed by atoms with Crippen molar-refractivity contribution in [2.75, 3.05) is 18.6 Å². The van der Waals surface area contributed by atoms with Gasteiger partial charge in [-0.05, 0) is 54.4 Å². The van der Waals surface area contributed by atoms with Crippen molar-refractivity contribution in [3.05, 3.63) is 70.6 Å². The summed E-state index contributed by atoms with van der Waals surface area (Å²) < 4.78 is 47.9. The quantitative estimate of drug-likeness (QED) is 0.629. The Kier molecular flexibility index (Phi) is 4.96. The van der Waals surface area contributed by atoms with Gasteiger partial charge in [-0.25, -0.2) is 0 Å². The monoisotopic (exact) mass is 430 g/mol. The molecule has 3 aromatic rings. The zero-order valence-electron chi connectivity index (χ0n) is 16.6. The van der Waals surface area contributed by atoms with Gasteiger partial charge in [0.25, 0.3) is 11.5 Å². The third-order valence-corrected chi connectivity index (χ3v) is 4.97. The van der Waals surface area contributed by atoms with Crippen LogP contribution in [0.1, 0.15) is 5.56 Å². The van der Waals surface area contributed by atoms with E-state index in [1.54, 1.807) is 32.3 Å². The molecule has 0 aliphatic carbocycles. The molecule has 4 rings (SSSR count). The Morgan fingerprint density at radius 3 is 2.42 bits per heavy atom. The number of benzene rings is 2. The van der Waals surface area contributed by atoms with Gasteiger partial charge in [-0.2, -0.15) is 0 Å². The summed E-state index contributed by atoms with van der Waals surface area (Å²) in [6.45, 7) is 1.73. The number of rotatable bonds is 3. The Balaban J connectivity index is 1.73. The van der Waals surface area contributed by atoms with E-state index in [4.69, 9.17) is 4.74 Å². The first kappa shape index (κ1) is 20.5. The molecule has 0 saturated heterocycles. The molecule has 0 fully saturated rings. The summed E-state index contributed by atoms with van der Waals surface area (Å²) >= 11 is 0. The lowest BCUT2D eigenvalue weighted by atomic mass is 10.0. The van der Waals surface area contributed by atoms with Gasteiger partial charge in [-0.15, -0.1) is 13.2 Å². The third-order valence-electron chi connectivity index (χ3n) is 4.97. The maximum atomic E-state index is 12.5. The average molecular weight is 430 g/mol. The predicted molar refractivity (Wildman–Crippen MR) is 108 cm³/mol. The van der Waals surface area contributed by atoms with Gasteiger partial charge in [-0.1, -0.05) is 6.07 Å². The largest absolute Gasteiger partial charge is 0.573 e. The maximum absolute atomic E-state index is 12.5.